The van der Waals surface area contributed by atoms with Crippen LogP contribution >= 0.6 is 0 Å². The number of rotatable bonds is 8. The zero-order chi connectivity index (χ0) is 30.6. The Bertz CT molecular complexity index is 1510. The Morgan fingerprint density at radius 2 is 1.84 bits per heavy atom. The van der Waals surface area contributed by atoms with Crippen LogP contribution in [0.4, 0.5) is 30.5 Å². The van der Waals surface area contributed by atoms with Crippen LogP contribution in [0.25, 0.3) is 11.4 Å². The SMILES string of the molecule is N#Cc1cc(-c2ncnc(Nc3ccc(N4CCN(C5COC5)CC4)cc3)n2)ccc1O[C@H]1CCN(C(=O)C(F)F)C[C@@H]1F. The molecule has 3 aromatic rings. The third-order valence-corrected chi connectivity index (χ3v) is 8.13. The molecule has 0 bridgehead atoms. The van der Waals surface area contributed by atoms with Crippen molar-refractivity contribution in [2.45, 2.75) is 31.2 Å². The molecule has 0 aliphatic carbocycles. The molecule has 2 aromatic carbocycles. The Hall–Kier alpha value is -4.48. The molecule has 0 unspecified atom stereocenters. The fourth-order valence-electron chi connectivity index (χ4n) is 5.54. The highest BCUT2D eigenvalue weighted by molar-refractivity contribution is 5.79. The van der Waals surface area contributed by atoms with Gasteiger partial charge in [0.15, 0.2) is 12.0 Å². The van der Waals surface area contributed by atoms with Gasteiger partial charge in [-0.05, 0) is 42.5 Å². The topological polar surface area (TPSA) is 120 Å². The van der Waals surface area contributed by atoms with Crippen LogP contribution in [0.15, 0.2) is 48.8 Å². The number of hydrogen-bond donors (Lipinski definition) is 1. The summed E-state index contributed by atoms with van der Waals surface area (Å²) < 4.78 is 51.2. The predicted molar refractivity (Wildman–Crippen MR) is 155 cm³/mol. The first-order valence-electron chi connectivity index (χ1n) is 14.4. The quantitative estimate of drug-likeness (QED) is 0.408. The number of amides is 1. The maximum Gasteiger partial charge on any atom is 0.315 e. The van der Waals surface area contributed by atoms with Crippen LogP contribution in [0.1, 0.15) is 12.0 Å². The van der Waals surface area contributed by atoms with Crippen LogP contribution in [0.5, 0.6) is 5.75 Å². The second-order valence-electron chi connectivity index (χ2n) is 10.9. The summed E-state index contributed by atoms with van der Waals surface area (Å²) in [5.41, 5.74) is 2.61. The van der Waals surface area contributed by atoms with E-state index in [-0.39, 0.29) is 24.3 Å². The van der Waals surface area contributed by atoms with Crippen LogP contribution < -0.4 is 15.0 Å². The minimum Gasteiger partial charge on any atom is -0.486 e. The number of hydrogen-bond acceptors (Lipinski definition) is 10. The molecular weight excluding hydrogens is 577 g/mol. The predicted octanol–water partition coefficient (Wildman–Crippen LogP) is 3.26. The smallest absolute Gasteiger partial charge is 0.315 e. The van der Waals surface area contributed by atoms with Gasteiger partial charge in [0.1, 0.15) is 24.3 Å². The third kappa shape index (κ3) is 6.53. The van der Waals surface area contributed by atoms with Crippen molar-refractivity contribution in [3.63, 3.8) is 0 Å². The van der Waals surface area contributed by atoms with Gasteiger partial charge in [0.2, 0.25) is 5.95 Å². The van der Waals surface area contributed by atoms with Gasteiger partial charge in [-0.15, -0.1) is 0 Å². The molecule has 3 saturated heterocycles. The van der Waals surface area contributed by atoms with E-state index in [1.54, 1.807) is 6.07 Å². The molecule has 14 heteroatoms. The fraction of sp³-hybridized carbons (Fsp3) is 0.433. The number of likely N-dealkylation sites (tertiary alicyclic amines) is 1. The fourth-order valence-corrected chi connectivity index (χ4v) is 5.54. The summed E-state index contributed by atoms with van der Waals surface area (Å²) in [7, 11) is 0. The number of nitrogens with zero attached hydrogens (tertiary/aromatic N) is 7. The van der Waals surface area contributed by atoms with Crippen molar-refractivity contribution in [1.82, 2.24) is 24.8 Å². The first-order chi connectivity index (χ1) is 21.4. The molecule has 1 aromatic heterocycles. The summed E-state index contributed by atoms with van der Waals surface area (Å²) in [5, 5.41) is 12.9. The van der Waals surface area contributed by atoms with E-state index in [1.807, 2.05) is 18.2 Å². The van der Waals surface area contributed by atoms with E-state index >= 15 is 0 Å². The van der Waals surface area contributed by atoms with Crippen molar-refractivity contribution in [2.24, 2.45) is 0 Å². The number of ether oxygens (including phenoxy) is 2. The molecule has 3 fully saturated rings. The van der Waals surface area contributed by atoms with Gasteiger partial charge in [-0.1, -0.05) is 0 Å². The number of piperidine rings is 1. The number of nitriles is 1. The lowest BCUT2D eigenvalue weighted by atomic mass is 10.0. The molecule has 0 saturated carbocycles. The lowest BCUT2D eigenvalue weighted by Gasteiger charge is -2.43. The number of anilines is 3. The summed E-state index contributed by atoms with van der Waals surface area (Å²) in [6.07, 6.45) is -4.47. The monoisotopic (exact) mass is 608 g/mol. The standard InChI is InChI=1S/C30H31F3N8O3/c31-24-15-41(29(42)27(32)33)8-7-26(24)44-25-6-1-19(13-20(25)14-34)28-35-18-36-30(38-28)37-21-2-4-22(5-3-21)39-9-11-40(12-10-39)23-16-43-17-23/h1-6,13,18,23-24,26-27H,7-12,15-17H2,(H,35,36,37,38)/t24-,26-/m0/s1. The zero-order valence-electron chi connectivity index (χ0n) is 23.8. The average Bonchev–Trinajstić information content (AvgIpc) is 3.02. The molecule has 0 radical (unpaired) electrons. The molecule has 3 aliphatic heterocycles. The molecule has 1 N–H and O–H groups in total. The van der Waals surface area contributed by atoms with E-state index in [0.29, 0.717) is 23.4 Å². The van der Waals surface area contributed by atoms with Crippen LogP contribution in [0.3, 0.4) is 0 Å². The van der Waals surface area contributed by atoms with Crippen molar-refractivity contribution < 1.29 is 27.4 Å². The van der Waals surface area contributed by atoms with E-state index in [1.165, 1.54) is 18.5 Å². The van der Waals surface area contributed by atoms with E-state index < -0.39 is 31.2 Å². The van der Waals surface area contributed by atoms with Gasteiger partial charge in [0.25, 0.3) is 5.91 Å². The molecule has 6 rings (SSSR count). The maximum absolute atomic E-state index is 14.7. The minimum atomic E-state index is -3.19. The first-order valence-corrected chi connectivity index (χ1v) is 14.4. The number of piperazine rings is 1. The summed E-state index contributed by atoms with van der Waals surface area (Å²) in [5.74, 6) is -0.619. The second-order valence-corrected chi connectivity index (χ2v) is 10.9. The highest BCUT2D eigenvalue weighted by atomic mass is 19.3. The molecule has 3 aliphatic rings. The number of benzene rings is 2. The maximum atomic E-state index is 14.7. The van der Waals surface area contributed by atoms with E-state index in [4.69, 9.17) is 9.47 Å². The van der Waals surface area contributed by atoms with Gasteiger partial charge in [-0.25, -0.2) is 14.4 Å². The highest BCUT2D eigenvalue weighted by Crippen LogP contribution is 2.29. The summed E-state index contributed by atoms with van der Waals surface area (Å²) in [4.78, 5) is 30.1. The van der Waals surface area contributed by atoms with Gasteiger partial charge < -0.3 is 24.6 Å². The molecule has 44 heavy (non-hydrogen) atoms. The number of halogens is 3. The van der Waals surface area contributed by atoms with E-state index in [2.05, 4.69) is 42.2 Å². The number of alkyl halides is 3. The number of carbonyl (C=O) groups excluding carboxylic acids is 1. The molecular formula is C30H31F3N8O3. The Kier molecular flexibility index (Phi) is 8.76. The van der Waals surface area contributed by atoms with Gasteiger partial charge >= 0.3 is 6.43 Å². The lowest BCUT2D eigenvalue weighted by molar-refractivity contribution is -0.146. The van der Waals surface area contributed by atoms with Gasteiger partial charge in [-0.2, -0.15) is 19.0 Å². The first kappa shape index (κ1) is 29.6. The molecule has 11 nitrogen and oxygen atoms in total. The van der Waals surface area contributed by atoms with Crippen LogP contribution in [-0.4, -0.2) is 108 Å². The Labute approximate surface area is 252 Å². The average molecular weight is 609 g/mol. The van der Waals surface area contributed by atoms with Gasteiger partial charge in [0, 0.05) is 56.1 Å². The van der Waals surface area contributed by atoms with Crippen LogP contribution in [0, 0.1) is 11.3 Å². The Morgan fingerprint density at radius 1 is 1.07 bits per heavy atom. The molecule has 230 valence electrons. The van der Waals surface area contributed by atoms with Crippen molar-refractivity contribution in [3.05, 3.63) is 54.4 Å². The summed E-state index contributed by atoms with van der Waals surface area (Å²) >= 11 is 0. The molecule has 1 amide bonds. The van der Waals surface area contributed by atoms with E-state index in [0.717, 1.165) is 55.7 Å². The zero-order valence-corrected chi connectivity index (χ0v) is 23.8. The summed E-state index contributed by atoms with van der Waals surface area (Å²) in [6.45, 7) is 5.06. The highest BCUT2D eigenvalue weighted by Gasteiger charge is 2.36. The van der Waals surface area contributed by atoms with Gasteiger partial charge in [0.05, 0.1) is 31.4 Å². The molecule has 4 heterocycles. The second kappa shape index (κ2) is 13.0. The molecule has 0 spiro atoms. The number of aromatic nitrogens is 3. The number of carbonyl (C=O) groups is 1. The van der Waals surface area contributed by atoms with Crippen molar-refractivity contribution in [2.75, 3.05) is 62.7 Å². The van der Waals surface area contributed by atoms with Crippen molar-refractivity contribution in [3.8, 4) is 23.2 Å². The third-order valence-electron chi connectivity index (χ3n) is 8.13. The summed E-state index contributed by atoms with van der Waals surface area (Å²) in [6, 6.07) is 15.4. The largest absolute Gasteiger partial charge is 0.486 e. The molecule has 2 atom stereocenters. The van der Waals surface area contributed by atoms with Crippen molar-refractivity contribution in [1.29, 1.82) is 5.26 Å². The minimum absolute atomic E-state index is 0.0165. The van der Waals surface area contributed by atoms with Crippen molar-refractivity contribution >= 4 is 23.2 Å². The van der Waals surface area contributed by atoms with Crippen LogP contribution in [-0.2, 0) is 9.53 Å². The number of nitrogens with one attached hydrogen (secondary N) is 1. The lowest BCUT2D eigenvalue weighted by Crippen LogP contribution is -2.56. The van der Waals surface area contributed by atoms with Crippen LogP contribution in [0.2, 0.25) is 0 Å². The normalized spacial score (nSPS) is 21.1. The van der Waals surface area contributed by atoms with Gasteiger partial charge in [-0.3, -0.25) is 9.69 Å². The Balaban J connectivity index is 1.07. The Morgan fingerprint density at radius 3 is 2.50 bits per heavy atom. The van der Waals surface area contributed by atoms with E-state index in [9.17, 15) is 23.2 Å².